The molecule has 0 fully saturated rings. The fraction of sp³-hybridized carbons (Fsp3) is 0.0870. The van der Waals surface area contributed by atoms with Crippen LogP contribution in [0.3, 0.4) is 0 Å². The maximum atomic E-state index is 13.0. The number of carbonyl (C=O) groups excluding carboxylic acids is 2. The van der Waals surface area contributed by atoms with E-state index in [1.165, 1.54) is 24.3 Å². The number of hydrazone groups is 1. The molecule has 0 saturated heterocycles. The minimum Gasteiger partial charge on any atom is -0.454 e. The average Bonchev–Trinajstić information content (AvgIpc) is 3.25. The maximum absolute atomic E-state index is 13.0. The summed E-state index contributed by atoms with van der Waals surface area (Å²) >= 11 is 0. The van der Waals surface area contributed by atoms with Crippen molar-refractivity contribution >= 4 is 23.2 Å². The van der Waals surface area contributed by atoms with Crippen molar-refractivity contribution < 1.29 is 23.5 Å². The predicted molar refractivity (Wildman–Crippen MR) is 113 cm³/mol. The Labute approximate surface area is 177 Å². The molecule has 31 heavy (non-hydrogen) atoms. The van der Waals surface area contributed by atoms with Gasteiger partial charge in [0, 0.05) is 16.8 Å². The van der Waals surface area contributed by atoms with Crippen LogP contribution in [0.2, 0.25) is 0 Å². The van der Waals surface area contributed by atoms with E-state index in [1.54, 1.807) is 49.4 Å². The van der Waals surface area contributed by atoms with Gasteiger partial charge >= 0.3 is 0 Å². The molecule has 0 bridgehead atoms. The topological polar surface area (TPSA) is 89.0 Å². The lowest BCUT2D eigenvalue weighted by molar-refractivity contribution is 0.0953. The van der Waals surface area contributed by atoms with Crippen LogP contribution in [-0.2, 0) is 0 Å². The van der Waals surface area contributed by atoms with Gasteiger partial charge in [0.25, 0.3) is 11.8 Å². The van der Waals surface area contributed by atoms with Crippen molar-refractivity contribution in [1.82, 2.24) is 5.43 Å². The molecule has 0 aliphatic carbocycles. The van der Waals surface area contributed by atoms with Gasteiger partial charge in [0.05, 0.1) is 5.71 Å². The van der Waals surface area contributed by atoms with Crippen molar-refractivity contribution in [3.8, 4) is 11.5 Å². The number of amides is 2. The van der Waals surface area contributed by atoms with E-state index in [-0.39, 0.29) is 12.7 Å². The van der Waals surface area contributed by atoms with Crippen molar-refractivity contribution in [2.24, 2.45) is 5.10 Å². The number of carbonyl (C=O) groups is 2. The highest BCUT2D eigenvalue weighted by Crippen LogP contribution is 2.32. The molecule has 0 aromatic heterocycles. The van der Waals surface area contributed by atoms with Crippen LogP contribution in [0.5, 0.6) is 11.5 Å². The van der Waals surface area contributed by atoms with E-state index in [9.17, 15) is 14.0 Å². The van der Waals surface area contributed by atoms with Gasteiger partial charge in [-0.25, -0.2) is 9.82 Å². The van der Waals surface area contributed by atoms with Gasteiger partial charge in [0.2, 0.25) is 6.79 Å². The van der Waals surface area contributed by atoms with Gasteiger partial charge in [-0.15, -0.1) is 0 Å². The Bertz CT molecular complexity index is 1180. The molecule has 4 rings (SSSR count). The molecule has 2 amide bonds. The van der Waals surface area contributed by atoms with E-state index in [0.717, 1.165) is 0 Å². The van der Waals surface area contributed by atoms with Crippen LogP contribution in [0.1, 0.15) is 33.2 Å². The lowest BCUT2D eigenvalue weighted by Gasteiger charge is -2.08. The lowest BCUT2D eigenvalue weighted by Crippen LogP contribution is -2.19. The van der Waals surface area contributed by atoms with Crippen LogP contribution in [0.4, 0.5) is 10.1 Å². The third kappa shape index (κ3) is 4.69. The number of fused-ring (bicyclic) bond motifs is 1. The summed E-state index contributed by atoms with van der Waals surface area (Å²) in [7, 11) is 0. The molecule has 1 heterocycles. The Kier molecular flexibility index (Phi) is 5.61. The van der Waals surface area contributed by atoms with E-state index in [0.29, 0.717) is 39.6 Å². The van der Waals surface area contributed by atoms with Crippen LogP contribution >= 0.6 is 0 Å². The van der Waals surface area contributed by atoms with Crippen LogP contribution in [0.15, 0.2) is 71.8 Å². The van der Waals surface area contributed by atoms with Gasteiger partial charge in [0.15, 0.2) is 11.5 Å². The molecule has 7 nitrogen and oxygen atoms in total. The zero-order valence-corrected chi connectivity index (χ0v) is 16.5. The van der Waals surface area contributed by atoms with Gasteiger partial charge in [-0.2, -0.15) is 5.10 Å². The summed E-state index contributed by atoms with van der Waals surface area (Å²) in [4.78, 5) is 24.7. The van der Waals surface area contributed by atoms with Gasteiger partial charge in [-0.3, -0.25) is 9.59 Å². The van der Waals surface area contributed by atoms with Gasteiger partial charge in [-0.1, -0.05) is 12.1 Å². The molecule has 1 aliphatic rings. The average molecular weight is 419 g/mol. The third-order valence-corrected chi connectivity index (χ3v) is 4.60. The van der Waals surface area contributed by atoms with Crippen molar-refractivity contribution in [3.05, 3.63) is 89.2 Å². The Morgan fingerprint density at radius 2 is 1.61 bits per heavy atom. The second-order valence-electron chi connectivity index (χ2n) is 6.75. The number of nitrogens with zero attached hydrogens (tertiary/aromatic N) is 1. The van der Waals surface area contributed by atoms with Crippen LogP contribution in [0, 0.1) is 5.82 Å². The van der Waals surface area contributed by atoms with Gasteiger partial charge < -0.3 is 14.8 Å². The van der Waals surface area contributed by atoms with Crippen LogP contribution in [0.25, 0.3) is 0 Å². The standard InChI is InChI=1S/C23H18FN3O4/c1-14(26-27-23(29)17-7-10-20-21(12-17)31-13-30-20)16-3-2-4-19(11-16)25-22(28)15-5-8-18(24)9-6-15/h2-12H,13H2,1H3,(H,25,28)(H,27,29). The molecular weight excluding hydrogens is 401 g/mol. The Balaban J connectivity index is 1.43. The van der Waals surface area contributed by atoms with Gasteiger partial charge in [0.1, 0.15) is 5.82 Å². The van der Waals surface area contributed by atoms with Crippen molar-refractivity contribution in [1.29, 1.82) is 0 Å². The molecular formula is C23H18FN3O4. The van der Waals surface area contributed by atoms with Crippen LogP contribution < -0.4 is 20.2 Å². The first-order valence-corrected chi connectivity index (χ1v) is 9.41. The number of hydrogen-bond donors (Lipinski definition) is 2. The van der Waals surface area contributed by atoms with E-state index in [2.05, 4.69) is 15.8 Å². The first-order valence-electron chi connectivity index (χ1n) is 9.41. The number of anilines is 1. The zero-order valence-electron chi connectivity index (χ0n) is 16.5. The highest BCUT2D eigenvalue weighted by molar-refractivity contribution is 6.06. The second kappa shape index (κ2) is 8.66. The summed E-state index contributed by atoms with van der Waals surface area (Å²) in [5.74, 6) is -0.0527. The second-order valence-corrected chi connectivity index (χ2v) is 6.75. The number of nitrogens with one attached hydrogen (secondary N) is 2. The molecule has 2 N–H and O–H groups in total. The zero-order chi connectivity index (χ0) is 21.8. The Morgan fingerprint density at radius 1 is 0.871 bits per heavy atom. The summed E-state index contributed by atoms with van der Waals surface area (Å²) < 4.78 is 23.5. The quantitative estimate of drug-likeness (QED) is 0.484. The monoisotopic (exact) mass is 419 g/mol. The number of hydrogen-bond acceptors (Lipinski definition) is 5. The smallest absolute Gasteiger partial charge is 0.271 e. The summed E-state index contributed by atoms with van der Waals surface area (Å²) in [5.41, 5.74) is 5.04. The summed E-state index contributed by atoms with van der Waals surface area (Å²) in [6.07, 6.45) is 0. The molecule has 8 heteroatoms. The van der Waals surface area contributed by atoms with Crippen molar-refractivity contribution in [2.75, 3.05) is 12.1 Å². The molecule has 3 aromatic rings. The number of halogens is 1. The molecule has 0 saturated carbocycles. The number of benzene rings is 3. The molecule has 0 radical (unpaired) electrons. The maximum Gasteiger partial charge on any atom is 0.271 e. The molecule has 1 aliphatic heterocycles. The Hall–Kier alpha value is -4.20. The van der Waals surface area contributed by atoms with E-state index in [1.807, 2.05) is 0 Å². The molecule has 156 valence electrons. The van der Waals surface area contributed by atoms with Crippen LogP contribution in [-0.4, -0.2) is 24.3 Å². The first kappa shape index (κ1) is 20.1. The first-order chi connectivity index (χ1) is 15.0. The third-order valence-electron chi connectivity index (χ3n) is 4.60. The SMILES string of the molecule is CC(=NNC(=O)c1ccc2c(c1)OCO2)c1cccc(NC(=O)c2ccc(F)cc2)c1. The fourth-order valence-corrected chi connectivity index (χ4v) is 2.93. The summed E-state index contributed by atoms with van der Waals surface area (Å²) in [6.45, 7) is 1.87. The van der Waals surface area contributed by atoms with Crippen molar-refractivity contribution in [3.63, 3.8) is 0 Å². The summed E-state index contributed by atoms with van der Waals surface area (Å²) in [5, 5.41) is 6.90. The highest BCUT2D eigenvalue weighted by Gasteiger charge is 2.16. The van der Waals surface area contributed by atoms with Gasteiger partial charge in [-0.05, 0) is 67.1 Å². The molecule has 0 unspecified atom stereocenters. The van der Waals surface area contributed by atoms with E-state index >= 15 is 0 Å². The largest absolute Gasteiger partial charge is 0.454 e. The predicted octanol–water partition coefficient (Wildman–Crippen LogP) is 3.96. The molecule has 0 atom stereocenters. The lowest BCUT2D eigenvalue weighted by atomic mass is 10.1. The molecule has 0 spiro atoms. The normalized spacial score (nSPS) is 12.4. The fourth-order valence-electron chi connectivity index (χ4n) is 2.93. The summed E-state index contributed by atoms with van der Waals surface area (Å²) in [6, 6.07) is 17.2. The van der Waals surface area contributed by atoms with Crippen molar-refractivity contribution in [2.45, 2.75) is 6.92 Å². The molecule has 3 aromatic carbocycles. The van der Waals surface area contributed by atoms with E-state index in [4.69, 9.17) is 9.47 Å². The number of rotatable bonds is 5. The minimum atomic E-state index is -0.409. The number of ether oxygens (including phenoxy) is 2. The highest BCUT2D eigenvalue weighted by atomic mass is 19.1. The Morgan fingerprint density at radius 3 is 2.42 bits per heavy atom. The van der Waals surface area contributed by atoms with E-state index < -0.39 is 11.7 Å². The minimum absolute atomic E-state index is 0.131.